The predicted molar refractivity (Wildman–Crippen MR) is 65.6 cm³/mol. The normalized spacial score (nSPS) is 18.3. The molecule has 16 heavy (non-hydrogen) atoms. The van der Waals surface area contributed by atoms with Crippen molar-refractivity contribution in [3.05, 3.63) is 24.3 Å². The number of nitrogens with one attached hydrogen (secondary N) is 3. The smallest absolute Gasteiger partial charge is 0.244 e. The van der Waals surface area contributed by atoms with Crippen molar-refractivity contribution in [1.29, 1.82) is 0 Å². The molecule has 1 aliphatic rings. The molecule has 0 aromatic heterocycles. The summed E-state index contributed by atoms with van der Waals surface area (Å²) in [5.74, 6) is 0.0389. The zero-order valence-corrected chi connectivity index (χ0v) is 9.58. The number of fused-ring (bicyclic) bond motifs is 1. The zero-order chi connectivity index (χ0) is 11.5. The lowest BCUT2D eigenvalue weighted by Gasteiger charge is -2.28. The van der Waals surface area contributed by atoms with Gasteiger partial charge in [0.15, 0.2) is 0 Å². The Bertz CT molecular complexity index is 390. The number of para-hydroxylation sites is 2. The first kappa shape index (κ1) is 10.8. The van der Waals surface area contributed by atoms with E-state index in [1.54, 1.807) is 0 Å². The maximum absolute atomic E-state index is 11.8. The first-order valence-corrected chi connectivity index (χ1v) is 5.56. The highest BCUT2D eigenvalue weighted by atomic mass is 16.2. The fourth-order valence-electron chi connectivity index (χ4n) is 1.76. The summed E-state index contributed by atoms with van der Waals surface area (Å²) in [7, 11) is 0. The lowest BCUT2D eigenvalue weighted by Crippen LogP contribution is -2.47. The summed E-state index contributed by atoms with van der Waals surface area (Å²) in [5.41, 5.74) is 2.04. The van der Waals surface area contributed by atoms with Crippen LogP contribution in [0.4, 0.5) is 11.4 Å². The van der Waals surface area contributed by atoms with E-state index in [1.165, 1.54) is 0 Å². The summed E-state index contributed by atoms with van der Waals surface area (Å²) in [6.07, 6.45) is 0. The van der Waals surface area contributed by atoms with E-state index in [1.807, 2.05) is 38.1 Å². The predicted octanol–water partition coefficient (Wildman–Crippen LogP) is 1.42. The largest absolute Gasteiger partial charge is 0.381 e. The van der Waals surface area contributed by atoms with Crippen LogP contribution in [0, 0.1) is 0 Å². The summed E-state index contributed by atoms with van der Waals surface area (Å²) < 4.78 is 0. The van der Waals surface area contributed by atoms with Crippen molar-refractivity contribution in [3.63, 3.8) is 0 Å². The molecule has 1 atom stereocenters. The van der Waals surface area contributed by atoms with Gasteiger partial charge in [0.05, 0.1) is 11.4 Å². The topological polar surface area (TPSA) is 53.2 Å². The number of rotatable bonds is 2. The van der Waals surface area contributed by atoms with Crippen LogP contribution in [-0.2, 0) is 4.79 Å². The van der Waals surface area contributed by atoms with Crippen LogP contribution in [0.1, 0.15) is 13.8 Å². The van der Waals surface area contributed by atoms with Crippen LogP contribution in [0.25, 0.3) is 0 Å². The number of hydrogen-bond donors (Lipinski definition) is 3. The number of anilines is 2. The van der Waals surface area contributed by atoms with Gasteiger partial charge < -0.3 is 16.0 Å². The molecule has 4 nitrogen and oxygen atoms in total. The van der Waals surface area contributed by atoms with Gasteiger partial charge in [-0.25, -0.2) is 0 Å². The average Bonchev–Trinajstić information content (AvgIpc) is 2.27. The molecule has 4 heteroatoms. The molecule has 0 spiro atoms. The van der Waals surface area contributed by atoms with Crippen molar-refractivity contribution < 1.29 is 4.79 Å². The molecule has 3 N–H and O–H groups in total. The second-order valence-electron chi connectivity index (χ2n) is 4.29. The van der Waals surface area contributed by atoms with Crippen molar-refractivity contribution in [2.45, 2.75) is 25.9 Å². The first-order valence-electron chi connectivity index (χ1n) is 5.56. The van der Waals surface area contributed by atoms with E-state index < -0.39 is 0 Å². The number of hydrogen-bond acceptors (Lipinski definition) is 3. The molecular formula is C12H17N3O. The minimum atomic E-state index is -0.197. The van der Waals surface area contributed by atoms with Gasteiger partial charge in [0.25, 0.3) is 0 Å². The number of carbonyl (C=O) groups excluding carboxylic acids is 1. The van der Waals surface area contributed by atoms with Crippen molar-refractivity contribution in [1.82, 2.24) is 5.32 Å². The van der Waals surface area contributed by atoms with E-state index in [4.69, 9.17) is 0 Å². The Kier molecular flexibility index (Phi) is 2.99. The Morgan fingerprint density at radius 1 is 1.38 bits per heavy atom. The molecule has 1 heterocycles. The molecule has 0 bridgehead atoms. The summed E-state index contributed by atoms with van der Waals surface area (Å²) in [6.45, 7) is 4.54. The first-order chi connectivity index (χ1) is 7.66. The van der Waals surface area contributed by atoms with Crippen LogP contribution in [0.5, 0.6) is 0 Å². The Balaban J connectivity index is 2.05. The van der Waals surface area contributed by atoms with E-state index in [-0.39, 0.29) is 18.0 Å². The van der Waals surface area contributed by atoms with Gasteiger partial charge in [-0.15, -0.1) is 0 Å². The van der Waals surface area contributed by atoms with Gasteiger partial charge in [-0.05, 0) is 26.0 Å². The lowest BCUT2D eigenvalue weighted by molar-refractivity contribution is -0.122. The Labute approximate surface area is 95.4 Å². The fourth-order valence-corrected chi connectivity index (χ4v) is 1.76. The molecule has 1 aliphatic heterocycles. The van der Waals surface area contributed by atoms with Crippen LogP contribution < -0.4 is 16.0 Å². The third-order valence-electron chi connectivity index (χ3n) is 2.50. The molecule has 86 valence electrons. The lowest BCUT2D eigenvalue weighted by atomic mass is 10.1. The van der Waals surface area contributed by atoms with Crippen molar-refractivity contribution in [2.24, 2.45) is 0 Å². The van der Waals surface area contributed by atoms with Gasteiger partial charge in [0, 0.05) is 12.6 Å². The number of carbonyl (C=O) groups is 1. The maximum atomic E-state index is 11.8. The molecule has 1 aromatic rings. The van der Waals surface area contributed by atoms with E-state index >= 15 is 0 Å². The van der Waals surface area contributed by atoms with Crippen LogP contribution in [0.15, 0.2) is 24.3 Å². The van der Waals surface area contributed by atoms with E-state index in [0.29, 0.717) is 6.54 Å². The fraction of sp³-hybridized carbons (Fsp3) is 0.417. The SMILES string of the molecule is CC(C)NC(=O)C1CNc2ccccc2N1. The molecule has 0 aliphatic carbocycles. The third kappa shape index (κ3) is 2.27. The molecule has 1 aromatic carbocycles. The minimum Gasteiger partial charge on any atom is -0.381 e. The molecule has 0 fully saturated rings. The average molecular weight is 219 g/mol. The van der Waals surface area contributed by atoms with Crippen LogP contribution in [0.2, 0.25) is 0 Å². The molecule has 0 radical (unpaired) electrons. The quantitative estimate of drug-likeness (QED) is 0.705. The van der Waals surface area contributed by atoms with E-state index in [2.05, 4.69) is 16.0 Å². The molecule has 1 unspecified atom stereocenters. The monoisotopic (exact) mass is 219 g/mol. The summed E-state index contributed by atoms with van der Waals surface area (Å²) >= 11 is 0. The summed E-state index contributed by atoms with van der Waals surface area (Å²) in [4.78, 5) is 11.8. The number of amides is 1. The van der Waals surface area contributed by atoms with Gasteiger partial charge >= 0.3 is 0 Å². The highest BCUT2D eigenvalue weighted by Gasteiger charge is 2.23. The zero-order valence-electron chi connectivity index (χ0n) is 9.58. The van der Waals surface area contributed by atoms with E-state index in [0.717, 1.165) is 11.4 Å². The van der Waals surface area contributed by atoms with Crippen LogP contribution >= 0.6 is 0 Å². The van der Waals surface area contributed by atoms with E-state index in [9.17, 15) is 4.79 Å². The Hall–Kier alpha value is -1.71. The second kappa shape index (κ2) is 4.43. The third-order valence-corrected chi connectivity index (χ3v) is 2.50. The maximum Gasteiger partial charge on any atom is 0.244 e. The molecule has 0 saturated heterocycles. The van der Waals surface area contributed by atoms with Crippen molar-refractivity contribution in [2.75, 3.05) is 17.2 Å². The van der Waals surface area contributed by atoms with Gasteiger partial charge in [-0.1, -0.05) is 12.1 Å². The molecular weight excluding hydrogens is 202 g/mol. The highest BCUT2D eigenvalue weighted by Crippen LogP contribution is 2.25. The van der Waals surface area contributed by atoms with Crippen molar-refractivity contribution in [3.8, 4) is 0 Å². The van der Waals surface area contributed by atoms with Crippen LogP contribution in [-0.4, -0.2) is 24.5 Å². The standard InChI is InChI=1S/C12H17N3O/c1-8(2)14-12(16)11-7-13-9-5-3-4-6-10(9)15-11/h3-6,8,11,13,15H,7H2,1-2H3,(H,14,16). The summed E-state index contributed by atoms with van der Waals surface area (Å²) in [6, 6.07) is 7.87. The minimum absolute atomic E-state index is 0.0389. The van der Waals surface area contributed by atoms with Gasteiger partial charge in [0.1, 0.15) is 6.04 Å². The van der Waals surface area contributed by atoms with Crippen LogP contribution in [0.3, 0.4) is 0 Å². The van der Waals surface area contributed by atoms with Gasteiger partial charge in [-0.2, -0.15) is 0 Å². The Morgan fingerprint density at radius 2 is 2.06 bits per heavy atom. The van der Waals surface area contributed by atoms with Crippen molar-refractivity contribution >= 4 is 17.3 Å². The van der Waals surface area contributed by atoms with Gasteiger partial charge in [0.2, 0.25) is 5.91 Å². The second-order valence-corrected chi connectivity index (χ2v) is 4.29. The number of benzene rings is 1. The molecule has 2 rings (SSSR count). The van der Waals surface area contributed by atoms with Gasteiger partial charge in [-0.3, -0.25) is 4.79 Å². The Morgan fingerprint density at radius 3 is 2.75 bits per heavy atom. The highest BCUT2D eigenvalue weighted by molar-refractivity contribution is 5.88. The molecule has 0 saturated carbocycles. The molecule has 1 amide bonds. The summed E-state index contributed by atoms with van der Waals surface area (Å²) in [5, 5.41) is 9.37.